The number of carboxylic acids is 1. The standard InChI is InChI=1S/C16H21F3N2O2/c1-2-20(11-16(17,18)19)8-7-12-9-21(10-15(22)23)14-6-4-3-5-13(12)14/h3-6,12H,2,7-11H2,1H3,(H,22,23). The Labute approximate surface area is 133 Å². The number of rotatable bonds is 7. The van der Waals surface area contributed by atoms with E-state index in [0.29, 0.717) is 26.1 Å². The molecule has 0 aliphatic carbocycles. The van der Waals surface area contributed by atoms with Gasteiger partial charge in [0.2, 0.25) is 0 Å². The highest BCUT2D eigenvalue weighted by Gasteiger charge is 2.32. The molecule has 1 aromatic carbocycles. The fourth-order valence-corrected chi connectivity index (χ4v) is 3.08. The van der Waals surface area contributed by atoms with Crippen LogP contribution in [0.3, 0.4) is 0 Å². The molecule has 0 radical (unpaired) electrons. The van der Waals surface area contributed by atoms with Crippen LogP contribution in [-0.2, 0) is 4.79 Å². The second kappa shape index (κ2) is 7.21. The van der Waals surface area contributed by atoms with Gasteiger partial charge in [-0.05, 0) is 31.1 Å². The first-order valence-electron chi connectivity index (χ1n) is 7.65. The average molecular weight is 330 g/mol. The molecule has 4 nitrogen and oxygen atoms in total. The highest BCUT2D eigenvalue weighted by molar-refractivity contribution is 5.76. The van der Waals surface area contributed by atoms with Crippen molar-refractivity contribution in [2.24, 2.45) is 0 Å². The minimum atomic E-state index is -4.20. The van der Waals surface area contributed by atoms with E-state index in [1.807, 2.05) is 24.3 Å². The Morgan fingerprint density at radius 1 is 1.39 bits per heavy atom. The zero-order chi connectivity index (χ0) is 17.0. The zero-order valence-electron chi connectivity index (χ0n) is 13.0. The summed E-state index contributed by atoms with van der Waals surface area (Å²) < 4.78 is 37.6. The molecule has 0 bridgehead atoms. The molecule has 1 atom stereocenters. The molecule has 0 saturated heterocycles. The lowest BCUT2D eigenvalue weighted by atomic mass is 9.98. The highest BCUT2D eigenvalue weighted by Crippen LogP contribution is 2.37. The number of alkyl halides is 3. The summed E-state index contributed by atoms with van der Waals surface area (Å²) in [6.45, 7) is 1.94. The van der Waals surface area contributed by atoms with Gasteiger partial charge in [-0.25, -0.2) is 0 Å². The summed E-state index contributed by atoms with van der Waals surface area (Å²) >= 11 is 0. The van der Waals surface area contributed by atoms with Crippen LogP contribution in [0, 0.1) is 0 Å². The summed E-state index contributed by atoms with van der Waals surface area (Å²) in [6.07, 6.45) is -3.62. The predicted molar refractivity (Wildman–Crippen MR) is 81.8 cm³/mol. The van der Waals surface area contributed by atoms with E-state index in [1.165, 1.54) is 4.90 Å². The minimum absolute atomic E-state index is 0.0628. The molecular formula is C16H21F3N2O2. The van der Waals surface area contributed by atoms with Gasteiger partial charge in [0.25, 0.3) is 0 Å². The second-order valence-corrected chi connectivity index (χ2v) is 5.80. The van der Waals surface area contributed by atoms with Gasteiger partial charge < -0.3 is 10.0 Å². The number of hydrogen-bond donors (Lipinski definition) is 1. The zero-order valence-corrected chi connectivity index (χ0v) is 13.0. The largest absolute Gasteiger partial charge is 0.480 e. The molecule has 1 N–H and O–H groups in total. The lowest BCUT2D eigenvalue weighted by molar-refractivity contribution is -0.145. The van der Waals surface area contributed by atoms with Crippen molar-refractivity contribution < 1.29 is 23.1 Å². The molecule has 2 rings (SSSR count). The first-order chi connectivity index (χ1) is 10.8. The summed E-state index contributed by atoms with van der Waals surface area (Å²) in [4.78, 5) is 14.1. The third kappa shape index (κ3) is 4.86. The fourth-order valence-electron chi connectivity index (χ4n) is 3.08. The first kappa shape index (κ1) is 17.6. The molecule has 0 spiro atoms. The van der Waals surface area contributed by atoms with Crippen molar-refractivity contribution in [2.45, 2.75) is 25.4 Å². The number of aliphatic carboxylic acids is 1. The maximum atomic E-state index is 12.5. The van der Waals surface area contributed by atoms with Gasteiger partial charge in [0, 0.05) is 18.2 Å². The van der Waals surface area contributed by atoms with E-state index >= 15 is 0 Å². The van der Waals surface area contributed by atoms with Gasteiger partial charge in [-0.3, -0.25) is 9.69 Å². The van der Waals surface area contributed by atoms with Crippen LogP contribution in [0.1, 0.15) is 24.8 Å². The summed E-state index contributed by atoms with van der Waals surface area (Å²) in [5, 5.41) is 8.99. The molecule has 0 saturated carbocycles. The minimum Gasteiger partial charge on any atom is -0.480 e. The summed E-state index contributed by atoms with van der Waals surface area (Å²) in [5.74, 6) is -0.847. The molecule has 0 amide bonds. The van der Waals surface area contributed by atoms with E-state index in [1.54, 1.807) is 11.8 Å². The van der Waals surface area contributed by atoms with Crippen molar-refractivity contribution in [1.29, 1.82) is 0 Å². The molecule has 1 aliphatic rings. The Morgan fingerprint density at radius 2 is 2.09 bits per heavy atom. The molecule has 1 aliphatic heterocycles. The number of nitrogens with zero attached hydrogens (tertiary/aromatic N) is 2. The Bertz CT molecular complexity index is 548. The smallest absolute Gasteiger partial charge is 0.401 e. The number of fused-ring (bicyclic) bond motifs is 1. The molecule has 23 heavy (non-hydrogen) atoms. The Morgan fingerprint density at radius 3 is 2.70 bits per heavy atom. The van der Waals surface area contributed by atoms with Gasteiger partial charge in [0.05, 0.1) is 6.54 Å². The lowest BCUT2D eigenvalue weighted by Crippen LogP contribution is -2.35. The Hall–Kier alpha value is -1.76. The number of carbonyl (C=O) groups is 1. The number of halogens is 3. The van der Waals surface area contributed by atoms with Crippen LogP contribution < -0.4 is 4.90 Å². The van der Waals surface area contributed by atoms with Gasteiger partial charge in [0.1, 0.15) is 6.54 Å². The summed E-state index contributed by atoms with van der Waals surface area (Å²) in [7, 11) is 0. The van der Waals surface area contributed by atoms with Crippen LogP contribution in [0.15, 0.2) is 24.3 Å². The number of hydrogen-bond acceptors (Lipinski definition) is 3. The topological polar surface area (TPSA) is 43.8 Å². The van der Waals surface area contributed by atoms with Crippen LogP contribution in [0.2, 0.25) is 0 Å². The monoisotopic (exact) mass is 330 g/mol. The predicted octanol–water partition coefficient (Wildman–Crippen LogP) is 2.95. The Kier molecular flexibility index (Phi) is 5.51. The van der Waals surface area contributed by atoms with E-state index in [2.05, 4.69) is 0 Å². The van der Waals surface area contributed by atoms with Gasteiger partial charge in [-0.1, -0.05) is 25.1 Å². The molecule has 128 valence electrons. The molecule has 1 aromatic rings. The van der Waals surface area contributed by atoms with E-state index in [4.69, 9.17) is 5.11 Å². The molecule has 0 fully saturated rings. The molecular weight excluding hydrogens is 309 g/mol. The van der Waals surface area contributed by atoms with Crippen LogP contribution in [-0.4, -0.2) is 54.9 Å². The quantitative estimate of drug-likeness (QED) is 0.835. The lowest BCUT2D eigenvalue weighted by Gasteiger charge is -2.23. The molecule has 7 heteroatoms. The van der Waals surface area contributed by atoms with E-state index in [-0.39, 0.29) is 12.5 Å². The Balaban J connectivity index is 2.02. The van der Waals surface area contributed by atoms with E-state index in [9.17, 15) is 18.0 Å². The molecule has 1 unspecified atom stereocenters. The van der Waals surface area contributed by atoms with Crippen molar-refractivity contribution in [3.05, 3.63) is 29.8 Å². The highest BCUT2D eigenvalue weighted by atomic mass is 19.4. The molecule has 1 heterocycles. The average Bonchev–Trinajstić information content (AvgIpc) is 2.80. The van der Waals surface area contributed by atoms with E-state index in [0.717, 1.165) is 11.3 Å². The number of carboxylic acid groups (broad SMARTS) is 1. The van der Waals surface area contributed by atoms with Crippen molar-refractivity contribution in [2.75, 3.05) is 37.6 Å². The number of benzene rings is 1. The van der Waals surface area contributed by atoms with Crippen molar-refractivity contribution in [3.8, 4) is 0 Å². The van der Waals surface area contributed by atoms with Gasteiger partial charge in [0.15, 0.2) is 0 Å². The van der Waals surface area contributed by atoms with Gasteiger partial charge in [-0.15, -0.1) is 0 Å². The first-order valence-corrected chi connectivity index (χ1v) is 7.65. The number of para-hydroxylation sites is 1. The maximum absolute atomic E-state index is 12.5. The van der Waals surface area contributed by atoms with Gasteiger partial charge >= 0.3 is 12.1 Å². The second-order valence-electron chi connectivity index (χ2n) is 5.80. The third-order valence-electron chi connectivity index (χ3n) is 4.13. The van der Waals surface area contributed by atoms with Gasteiger partial charge in [-0.2, -0.15) is 13.2 Å². The van der Waals surface area contributed by atoms with Crippen LogP contribution in [0.25, 0.3) is 0 Å². The van der Waals surface area contributed by atoms with Crippen molar-refractivity contribution >= 4 is 11.7 Å². The number of anilines is 1. The summed E-state index contributed by atoms with van der Waals surface area (Å²) in [5.41, 5.74) is 1.90. The fraction of sp³-hybridized carbons (Fsp3) is 0.562. The normalized spacial score (nSPS) is 17.6. The maximum Gasteiger partial charge on any atom is 0.401 e. The summed E-state index contributed by atoms with van der Waals surface area (Å²) in [6, 6.07) is 7.52. The van der Waals surface area contributed by atoms with Crippen molar-refractivity contribution in [3.63, 3.8) is 0 Å². The van der Waals surface area contributed by atoms with Crippen LogP contribution in [0.4, 0.5) is 18.9 Å². The van der Waals surface area contributed by atoms with Crippen LogP contribution in [0.5, 0.6) is 0 Å². The third-order valence-corrected chi connectivity index (χ3v) is 4.13. The van der Waals surface area contributed by atoms with Crippen molar-refractivity contribution in [1.82, 2.24) is 4.90 Å². The van der Waals surface area contributed by atoms with E-state index < -0.39 is 18.7 Å². The SMILES string of the molecule is CCN(CCC1CN(CC(=O)O)c2ccccc21)CC(F)(F)F. The van der Waals surface area contributed by atoms with Crippen LogP contribution >= 0.6 is 0 Å². The molecule has 0 aromatic heterocycles.